The van der Waals surface area contributed by atoms with E-state index in [-0.39, 0.29) is 24.3 Å². The highest BCUT2D eigenvalue weighted by molar-refractivity contribution is 8.16. The number of allylic oxidation sites excluding steroid dienone is 1. The number of ether oxygens (including phenoxy) is 3. The van der Waals surface area contributed by atoms with E-state index in [1.54, 1.807) is 57.8 Å². The Balaban J connectivity index is 1.68. The van der Waals surface area contributed by atoms with Crippen molar-refractivity contribution < 1.29 is 28.6 Å². The first-order valence-corrected chi connectivity index (χ1v) is 13.4. The molecule has 0 radical (unpaired) electrons. The van der Waals surface area contributed by atoms with E-state index in [1.165, 1.54) is 11.8 Å². The second kappa shape index (κ2) is 11.5. The van der Waals surface area contributed by atoms with Gasteiger partial charge in [0.2, 0.25) is 11.8 Å². The standard InChI is InChI=1S/C27H34N4O6S/c1-16(2)37-26(34)24-17(3)28-27-31(25(24)19-11-21(35-5)14-22(12-19)36-6)20(15-38-27)13-23(33)30-9-7-29(8-10-30)18(4)32/h11-12,14-16,25H,7-10,13H2,1-6H3/t25-/m0/s1. The van der Waals surface area contributed by atoms with Crippen molar-refractivity contribution in [3.8, 4) is 11.5 Å². The Morgan fingerprint density at radius 2 is 1.63 bits per heavy atom. The number of rotatable bonds is 7. The number of amidine groups is 1. The largest absolute Gasteiger partial charge is 0.497 e. The first kappa shape index (κ1) is 27.6. The Morgan fingerprint density at radius 3 is 2.18 bits per heavy atom. The van der Waals surface area contributed by atoms with E-state index in [0.29, 0.717) is 54.1 Å². The summed E-state index contributed by atoms with van der Waals surface area (Å²) in [4.78, 5) is 48.6. The molecule has 0 aliphatic carbocycles. The summed E-state index contributed by atoms with van der Waals surface area (Å²) in [5.74, 6) is 0.667. The predicted molar refractivity (Wildman–Crippen MR) is 145 cm³/mol. The number of carbonyl (C=O) groups is 3. The Labute approximate surface area is 227 Å². The molecule has 11 heteroatoms. The highest BCUT2D eigenvalue weighted by Gasteiger charge is 2.42. The SMILES string of the molecule is COc1cc(OC)cc([C@H]2C(C(=O)OC(C)C)=C(C)N=C3SC=C(CC(=O)N4CCN(C(C)=O)CC4)N32)c1. The molecule has 4 rings (SSSR count). The van der Waals surface area contributed by atoms with Gasteiger partial charge in [-0.25, -0.2) is 9.79 Å². The van der Waals surface area contributed by atoms with E-state index < -0.39 is 12.0 Å². The van der Waals surface area contributed by atoms with Crippen LogP contribution in [0.3, 0.4) is 0 Å². The van der Waals surface area contributed by atoms with E-state index in [1.807, 2.05) is 22.4 Å². The number of carbonyl (C=O) groups excluding carboxylic acids is 3. The molecule has 38 heavy (non-hydrogen) atoms. The van der Waals surface area contributed by atoms with Gasteiger partial charge in [0.1, 0.15) is 11.5 Å². The Hall–Kier alpha value is -3.47. The molecule has 0 spiro atoms. The Morgan fingerprint density at radius 1 is 1.03 bits per heavy atom. The molecule has 1 aromatic rings. The lowest BCUT2D eigenvalue weighted by molar-refractivity contribution is -0.143. The lowest BCUT2D eigenvalue weighted by atomic mass is 9.93. The summed E-state index contributed by atoms with van der Waals surface area (Å²) >= 11 is 1.42. The number of aliphatic imine (C=N–C) groups is 1. The van der Waals surface area contributed by atoms with Crippen molar-refractivity contribution in [3.63, 3.8) is 0 Å². The molecule has 1 fully saturated rings. The maximum Gasteiger partial charge on any atom is 0.338 e. The summed E-state index contributed by atoms with van der Waals surface area (Å²) < 4.78 is 16.7. The van der Waals surface area contributed by atoms with Gasteiger partial charge in [0.25, 0.3) is 0 Å². The number of hydrogen-bond acceptors (Lipinski definition) is 9. The van der Waals surface area contributed by atoms with Gasteiger partial charge >= 0.3 is 5.97 Å². The Kier molecular flexibility index (Phi) is 8.35. The van der Waals surface area contributed by atoms with Gasteiger partial charge in [-0.1, -0.05) is 11.8 Å². The van der Waals surface area contributed by atoms with Crippen molar-refractivity contribution in [1.82, 2.24) is 14.7 Å². The van der Waals surface area contributed by atoms with Crippen molar-refractivity contribution in [2.75, 3.05) is 40.4 Å². The molecule has 1 saturated heterocycles. The van der Waals surface area contributed by atoms with Crippen molar-refractivity contribution in [2.24, 2.45) is 4.99 Å². The fraction of sp³-hybridized carbons (Fsp3) is 0.481. The molecule has 3 heterocycles. The monoisotopic (exact) mass is 542 g/mol. The fourth-order valence-electron chi connectivity index (χ4n) is 4.75. The van der Waals surface area contributed by atoms with Crippen molar-refractivity contribution in [3.05, 3.63) is 46.1 Å². The Bertz CT molecular complexity index is 1190. The van der Waals surface area contributed by atoms with Crippen LogP contribution in [0.15, 0.2) is 45.6 Å². The number of benzene rings is 1. The van der Waals surface area contributed by atoms with Crippen LogP contribution < -0.4 is 9.47 Å². The second-order valence-electron chi connectivity index (χ2n) is 9.56. The summed E-state index contributed by atoms with van der Waals surface area (Å²) in [6.45, 7) is 8.95. The molecular weight excluding hydrogens is 508 g/mol. The van der Waals surface area contributed by atoms with Crippen LogP contribution >= 0.6 is 11.8 Å². The van der Waals surface area contributed by atoms with Gasteiger partial charge in [-0.2, -0.15) is 0 Å². The molecule has 3 aliphatic heterocycles. The van der Waals surface area contributed by atoms with Crippen LogP contribution in [0, 0.1) is 0 Å². The quantitative estimate of drug-likeness (QED) is 0.484. The average molecular weight is 543 g/mol. The van der Waals surface area contributed by atoms with Gasteiger partial charge in [0, 0.05) is 44.9 Å². The third kappa shape index (κ3) is 5.67. The van der Waals surface area contributed by atoms with Crippen molar-refractivity contribution in [2.45, 2.75) is 46.3 Å². The van der Waals surface area contributed by atoms with Crippen LogP contribution in [0.5, 0.6) is 11.5 Å². The number of nitrogens with zero attached hydrogens (tertiary/aromatic N) is 4. The first-order chi connectivity index (χ1) is 18.1. The van der Waals surface area contributed by atoms with Gasteiger partial charge in [0.05, 0.1) is 44.1 Å². The smallest absolute Gasteiger partial charge is 0.338 e. The van der Waals surface area contributed by atoms with E-state index in [0.717, 1.165) is 11.3 Å². The van der Waals surface area contributed by atoms with Crippen LogP contribution in [-0.2, 0) is 19.1 Å². The zero-order chi connectivity index (χ0) is 27.6. The molecule has 0 saturated carbocycles. The molecule has 1 atom stereocenters. The fourth-order valence-corrected chi connectivity index (χ4v) is 5.71. The summed E-state index contributed by atoms with van der Waals surface area (Å²) in [5, 5.41) is 2.59. The molecule has 0 aromatic heterocycles. The second-order valence-corrected chi connectivity index (χ2v) is 10.4. The molecule has 3 aliphatic rings. The molecular formula is C27H34N4O6S. The van der Waals surface area contributed by atoms with Gasteiger partial charge in [-0.3, -0.25) is 9.59 Å². The number of fused-ring (bicyclic) bond motifs is 1. The molecule has 10 nitrogen and oxygen atoms in total. The molecule has 0 unspecified atom stereocenters. The summed E-state index contributed by atoms with van der Waals surface area (Å²) in [7, 11) is 3.14. The predicted octanol–water partition coefficient (Wildman–Crippen LogP) is 3.31. The summed E-state index contributed by atoms with van der Waals surface area (Å²) in [6.07, 6.45) is -0.179. The molecule has 0 N–H and O–H groups in total. The van der Waals surface area contributed by atoms with E-state index >= 15 is 0 Å². The van der Waals surface area contributed by atoms with Gasteiger partial charge in [-0.05, 0) is 43.9 Å². The maximum absolute atomic E-state index is 13.4. The number of hydrogen-bond donors (Lipinski definition) is 0. The summed E-state index contributed by atoms with van der Waals surface area (Å²) in [6, 6.07) is 4.88. The maximum atomic E-state index is 13.4. The average Bonchev–Trinajstić information content (AvgIpc) is 3.28. The number of piperazine rings is 1. The third-order valence-corrected chi connectivity index (χ3v) is 7.55. The molecule has 0 bridgehead atoms. The van der Waals surface area contributed by atoms with E-state index in [9.17, 15) is 14.4 Å². The lowest BCUT2D eigenvalue weighted by Crippen LogP contribution is -2.50. The number of thioether (sulfide) groups is 1. The number of amides is 2. The van der Waals surface area contributed by atoms with Gasteiger partial charge in [0.15, 0.2) is 5.17 Å². The highest BCUT2D eigenvalue weighted by Crippen LogP contribution is 2.46. The van der Waals surface area contributed by atoms with Crippen LogP contribution in [0.1, 0.15) is 45.7 Å². The highest BCUT2D eigenvalue weighted by atomic mass is 32.2. The van der Waals surface area contributed by atoms with Gasteiger partial charge < -0.3 is 28.9 Å². The van der Waals surface area contributed by atoms with Crippen molar-refractivity contribution in [1.29, 1.82) is 0 Å². The van der Waals surface area contributed by atoms with Gasteiger partial charge in [-0.15, -0.1) is 0 Å². The minimum Gasteiger partial charge on any atom is -0.497 e. The lowest BCUT2D eigenvalue weighted by Gasteiger charge is -2.38. The zero-order valence-corrected chi connectivity index (χ0v) is 23.5. The molecule has 1 aromatic carbocycles. The van der Waals surface area contributed by atoms with E-state index in [4.69, 9.17) is 19.2 Å². The molecule has 204 valence electrons. The normalized spacial score (nSPS) is 19.2. The van der Waals surface area contributed by atoms with Crippen LogP contribution in [0.25, 0.3) is 0 Å². The number of methoxy groups -OCH3 is 2. The minimum atomic E-state index is -0.596. The van der Waals surface area contributed by atoms with Crippen LogP contribution in [-0.4, -0.2) is 84.2 Å². The zero-order valence-electron chi connectivity index (χ0n) is 22.6. The minimum absolute atomic E-state index is 0.0145. The topological polar surface area (TPSA) is 101 Å². The summed E-state index contributed by atoms with van der Waals surface area (Å²) in [5.41, 5.74) is 2.44. The van der Waals surface area contributed by atoms with Crippen molar-refractivity contribution >= 4 is 34.7 Å². The van der Waals surface area contributed by atoms with Crippen LogP contribution in [0.4, 0.5) is 0 Å². The van der Waals surface area contributed by atoms with E-state index in [2.05, 4.69) is 0 Å². The molecule has 2 amide bonds. The van der Waals surface area contributed by atoms with Crippen LogP contribution in [0.2, 0.25) is 0 Å². The third-order valence-electron chi connectivity index (χ3n) is 6.66. The first-order valence-electron chi connectivity index (χ1n) is 12.5. The number of esters is 1.